The Morgan fingerprint density at radius 3 is 2.47 bits per heavy atom. The third-order valence-electron chi connectivity index (χ3n) is 6.57. The van der Waals surface area contributed by atoms with E-state index < -0.39 is 5.25 Å². The van der Waals surface area contributed by atoms with Crippen LogP contribution in [0.15, 0.2) is 82.9 Å². The van der Waals surface area contributed by atoms with E-state index in [1.165, 1.54) is 17.3 Å². The summed E-state index contributed by atoms with van der Waals surface area (Å²) < 4.78 is 0. The Morgan fingerprint density at radius 2 is 1.75 bits per heavy atom. The molecule has 0 bridgehead atoms. The molecule has 0 saturated heterocycles. The quantitative estimate of drug-likeness (QED) is 0.485. The maximum absolute atomic E-state index is 12.8. The van der Waals surface area contributed by atoms with Crippen molar-refractivity contribution in [2.45, 2.75) is 44.9 Å². The molecule has 0 fully saturated rings. The van der Waals surface area contributed by atoms with E-state index in [2.05, 4.69) is 41.5 Å². The van der Waals surface area contributed by atoms with Gasteiger partial charge in [0, 0.05) is 18.5 Å². The van der Waals surface area contributed by atoms with Gasteiger partial charge in [-0.25, -0.2) is 5.01 Å². The fourth-order valence-electron chi connectivity index (χ4n) is 4.34. The summed E-state index contributed by atoms with van der Waals surface area (Å²) in [5, 5.41) is 9.65. The maximum atomic E-state index is 12.8. The number of rotatable bonds is 5. The number of nitrogens with one attached hydrogen (secondary N) is 1. The van der Waals surface area contributed by atoms with Crippen LogP contribution in [-0.4, -0.2) is 33.0 Å². The highest BCUT2D eigenvalue weighted by atomic mass is 32.2. The summed E-state index contributed by atoms with van der Waals surface area (Å²) in [6, 6.07) is 24.2. The molecule has 2 amide bonds. The Labute approximate surface area is 215 Å². The molecule has 6 nitrogen and oxygen atoms in total. The summed E-state index contributed by atoms with van der Waals surface area (Å²) >= 11 is 1.32. The second kappa shape index (κ2) is 10.1. The van der Waals surface area contributed by atoms with Crippen LogP contribution in [0.25, 0.3) is 0 Å². The van der Waals surface area contributed by atoms with Crippen molar-refractivity contribution in [1.82, 2.24) is 5.01 Å². The highest BCUT2D eigenvalue weighted by molar-refractivity contribution is 8.15. The second-order valence-corrected chi connectivity index (χ2v) is 10.4. The van der Waals surface area contributed by atoms with Crippen LogP contribution in [0, 0.1) is 20.8 Å². The zero-order valence-electron chi connectivity index (χ0n) is 20.6. The number of aliphatic imine (C=N–C) groups is 1. The van der Waals surface area contributed by atoms with E-state index in [9.17, 15) is 9.59 Å². The molecular weight excluding hydrogens is 468 g/mol. The molecule has 2 atom stereocenters. The Morgan fingerprint density at radius 1 is 1.00 bits per heavy atom. The van der Waals surface area contributed by atoms with Gasteiger partial charge in [-0.2, -0.15) is 10.1 Å². The first kappa shape index (κ1) is 24.0. The molecule has 182 valence electrons. The van der Waals surface area contributed by atoms with Crippen LogP contribution in [0.1, 0.15) is 46.7 Å². The van der Waals surface area contributed by atoms with Gasteiger partial charge in [-0.1, -0.05) is 78.0 Å². The van der Waals surface area contributed by atoms with Gasteiger partial charge >= 0.3 is 0 Å². The van der Waals surface area contributed by atoms with Crippen molar-refractivity contribution in [3.05, 3.63) is 101 Å². The number of hydrogen-bond donors (Lipinski definition) is 1. The number of amides is 2. The van der Waals surface area contributed by atoms with Crippen LogP contribution in [-0.2, 0) is 9.59 Å². The lowest BCUT2D eigenvalue weighted by molar-refractivity contribution is -0.121. The summed E-state index contributed by atoms with van der Waals surface area (Å²) in [6.45, 7) is 6.10. The number of carbonyl (C=O) groups is 2. The summed E-state index contributed by atoms with van der Waals surface area (Å²) in [6.07, 6.45) is 0.764. The SMILES string of the molecule is Cc1ccc([C@H]2CC(c3ccccc3)=NN2C2=NC(=O)[C@@H](CC(=O)Nc3ccc(C)c(C)c3)S2)cc1. The van der Waals surface area contributed by atoms with Gasteiger partial charge in [-0.15, -0.1) is 0 Å². The van der Waals surface area contributed by atoms with Crippen LogP contribution in [0.3, 0.4) is 0 Å². The van der Waals surface area contributed by atoms with Crippen molar-refractivity contribution in [2.24, 2.45) is 10.1 Å². The largest absolute Gasteiger partial charge is 0.326 e. The number of anilines is 1. The molecule has 3 aromatic carbocycles. The van der Waals surface area contributed by atoms with Crippen LogP contribution < -0.4 is 5.32 Å². The Balaban J connectivity index is 1.33. The number of amidine groups is 1. The predicted molar refractivity (Wildman–Crippen MR) is 146 cm³/mol. The molecule has 0 radical (unpaired) electrons. The Hall–Kier alpha value is -3.71. The number of carbonyl (C=O) groups excluding carboxylic acids is 2. The molecule has 2 aliphatic heterocycles. The van der Waals surface area contributed by atoms with Crippen molar-refractivity contribution in [1.29, 1.82) is 0 Å². The van der Waals surface area contributed by atoms with Gasteiger partial charge in [0.25, 0.3) is 5.91 Å². The highest BCUT2D eigenvalue weighted by Crippen LogP contribution is 2.38. The van der Waals surface area contributed by atoms with Crippen molar-refractivity contribution >= 4 is 40.1 Å². The van der Waals surface area contributed by atoms with Gasteiger partial charge < -0.3 is 5.32 Å². The molecule has 0 spiro atoms. The van der Waals surface area contributed by atoms with E-state index >= 15 is 0 Å². The lowest BCUT2D eigenvalue weighted by Gasteiger charge is -2.23. The van der Waals surface area contributed by atoms with E-state index in [4.69, 9.17) is 5.10 Å². The summed E-state index contributed by atoms with van der Waals surface area (Å²) in [5.74, 6) is -0.498. The topological polar surface area (TPSA) is 74.1 Å². The Kier molecular flexibility index (Phi) is 6.74. The minimum absolute atomic E-state index is 0.0573. The molecular formula is C29H28N4O2S. The van der Waals surface area contributed by atoms with E-state index in [1.807, 2.05) is 67.4 Å². The molecule has 1 N–H and O–H groups in total. The van der Waals surface area contributed by atoms with Gasteiger partial charge in [0.2, 0.25) is 5.91 Å². The molecule has 3 aromatic rings. The zero-order valence-corrected chi connectivity index (χ0v) is 21.4. The third kappa shape index (κ3) is 5.11. The van der Waals surface area contributed by atoms with Crippen LogP contribution >= 0.6 is 11.8 Å². The lowest BCUT2D eigenvalue weighted by atomic mass is 9.98. The van der Waals surface area contributed by atoms with E-state index in [0.29, 0.717) is 11.6 Å². The predicted octanol–water partition coefficient (Wildman–Crippen LogP) is 5.79. The first-order valence-electron chi connectivity index (χ1n) is 12.0. The number of aryl methyl sites for hydroxylation is 3. The van der Waals surface area contributed by atoms with Crippen molar-refractivity contribution in [3.63, 3.8) is 0 Å². The van der Waals surface area contributed by atoms with Crippen LogP contribution in [0.2, 0.25) is 0 Å². The average molecular weight is 497 g/mol. The van der Waals surface area contributed by atoms with E-state index in [1.54, 1.807) is 0 Å². The van der Waals surface area contributed by atoms with Gasteiger partial charge in [-0.3, -0.25) is 9.59 Å². The molecule has 0 saturated carbocycles. The van der Waals surface area contributed by atoms with Gasteiger partial charge in [0.1, 0.15) is 5.25 Å². The monoisotopic (exact) mass is 496 g/mol. The van der Waals surface area contributed by atoms with Gasteiger partial charge in [0.05, 0.1) is 11.8 Å². The lowest BCUT2D eigenvalue weighted by Crippen LogP contribution is -2.25. The molecule has 0 unspecified atom stereocenters. The van der Waals surface area contributed by atoms with E-state index in [0.717, 1.165) is 33.7 Å². The highest BCUT2D eigenvalue weighted by Gasteiger charge is 2.39. The van der Waals surface area contributed by atoms with Crippen molar-refractivity contribution in [2.75, 3.05) is 5.32 Å². The second-order valence-electron chi connectivity index (χ2n) is 9.28. The molecule has 0 aromatic heterocycles. The number of thioether (sulfide) groups is 1. The molecule has 5 rings (SSSR count). The number of hydrazone groups is 1. The fourth-order valence-corrected chi connectivity index (χ4v) is 5.41. The minimum Gasteiger partial charge on any atom is -0.326 e. The van der Waals surface area contributed by atoms with Crippen LogP contribution in [0.5, 0.6) is 0 Å². The Bertz CT molecular complexity index is 1370. The fraction of sp³-hybridized carbons (Fsp3) is 0.241. The summed E-state index contributed by atoms with van der Waals surface area (Å²) in [5.41, 5.74) is 7.30. The minimum atomic E-state index is -0.568. The van der Waals surface area contributed by atoms with Crippen LogP contribution in [0.4, 0.5) is 5.69 Å². The normalized spacial score (nSPS) is 19.3. The summed E-state index contributed by atoms with van der Waals surface area (Å²) in [7, 11) is 0. The first-order chi connectivity index (χ1) is 17.4. The molecule has 7 heteroatoms. The van der Waals surface area contributed by atoms with Crippen molar-refractivity contribution < 1.29 is 9.59 Å². The molecule has 2 aliphatic rings. The number of hydrogen-bond acceptors (Lipinski definition) is 5. The standard InChI is InChI=1S/C29H28N4O2S/c1-18-9-12-22(13-10-18)25-16-24(21-7-5-4-6-8-21)32-33(25)29-31-28(35)26(36-29)17-27(34)30-23-14-11-19(2)20(3)15-23/h4-15,25-26H,16-17H2,1-3H3,(H,30,34)/t25-,26-/m1/s1. The van der Waals surface area contributed by atoms with E-state index in [-0.39, 0.29) is 24.3 Å². The summed E-state index contributed by atoms with van der Waals surface area (Å²) in [4.78, 5) is 29.9. The first-order valence-corrected chi connectivity index (χ1v) is 12.9. The van der Waals surface area contributed by atoms with Gasteiger partial charge in [0.15, 0.2) is 5.17 Å². The zero-order chi connectivity index (χ0) is 25.2. The number of benzene rings is 3. The smallest absolute Gasteiger partial charge is 0.262 e. The maximum Gasteiger partial charge on any atom is 0.262 e. The molecule has 2 heterocycles. The number of nitrogens with zero attached hydrogens (tertiary/aromatic N) is 3. The molecule has 0 aliphatic carbocycles. The van der Waals surface area contributed by atoms with Crippen molar-refractivity contribution in [3.8, 4) is 0 Å². The third-order valence-corrected chi connectivity index (χ3v) is 7.71. The van der Waals surface area contributed by atoms with Gasteiger partial charge in [-0.05, 0) is 55.2 Å². The molecule has 36 heavy (non-hydrogen) atoms. The average Bonchev–Trinajstić information content (AvgIpc) is 3.46.